The van der Waals surface area contributed by atoms with Crippen LogP contribution in [-0.4, -0.2) is 36.1 Å². The topological polar surface area (TPSA) is 15.3 Å². The van der Waals surface area contributed by atoms with Crippen LogP contribution in [0.5, 0.6) is 0 Å². The second kappa shape index (κ2) is 8.09. The molecule has 0 aliphatic carbocycles. The summed E-state index contributed by atoms with van der Waals surface area (Å²) in [5.41, 5.74) is 0.250. The van der Waals surface area contributed by atoms with Crippen LogP contribution < -0.4 is 5.32 Å². The summed E-state index contributed by atoms with van der Waals surface area (Å²) in [4.78, 5) is 4.21. The summed E-state index contributed by atoms with van der Waals surface area (Å²) < 4.78 is 1.27. The predicted molar refractivity (Wildman–Crippen MR) is 97.3 cm³/mol. The number of hydrogen-bond donors (Lipinski definition) is 1. The molecule has 21 heavy (non-hydrogen) atoms. The zero-order valence-corrected chi connectivity index (χ0v) is 16.0. The molecule has 2 atom stereocenters. The molecular formula is C17H29BrN2S. The molecule has 0 amide bonds. The van der Waals surface area contributed by atoms with Gasteiger partial charge in [-0.3, -0.25) is 4.90 Å². The van der Waals surface area contributed by atoms with E-state index in [1.165, 1.54) is 48.1 Å². The van der Waals surface area contributed by atoms with E-state index in [0.29, 0.717) is 6.04 Å². The van der Waals surface area contributed by atoms with E-state index in [0.717, 1.165) is 13.0 Å². The highest BCUT2D eigenvalue weighted by atomic mass is 79.9. The molecule has 2 rings (SSSR count). The third kappa shape index (κ3) is 4.10. The van der Waals surface area contributed by atoms with Gasteiger partial charge in [-0.1, -0.05) is 20.3 Å². The van der Waals surface area contributed by atoms with Gasteiger partial charge in [-0.25, -0.2) is 0 Å². The van der Waals surface area contributed by atoms with Crippen LogP contribution in [0.2, 0.25) is 0 Å². The highest BCUT2D eigenvalue weighted by Gasteiger charge is 2.38. The molecule has 0 saturated carbocycles. The molecule has 1 saturated heterocycles. The molecule has 0 spiro atoms. The number of nitrogens with one attached hydrogen (secondary N) is 1. The number of rotatable bonds is 7. The van der Waals surface area contributed by atoms with E-state index < -0.39 is 0 Å². The van der Waals surface area contributed by atoms with Crippen molar-refractivity contribution in [3.63, 3.8) is 0 Å². The van der Waals surface area contributed by atoms with Gasteiger partial charge in [0.1, 0.15) is 0 Å². The molecular weight excluding hydrogens is 344 g/mol. The monoisotopic (exact) mass is 372 g/mol. The summed E-state index contributed by atoms with van der Waals surface area (Å²) in [5, 5.41) is 5.97. The Morgan fingerprint density at radius 1 is 1.33 bits per heavy atom. The van der Waals surface area contributed by atoms with Crippen molar-refractivity contribution >= 4 is 27.3 Å². The third-order valence-electron chi connectivity index (χ3n) is 5.08. The molecule has 2 nitrogen and oxygen atoms in total. The maximum Gasteiger partial charge on any atom is 0.0335 e. The Morgan fingerprint density at radius 2 is 2.05 bits per heavy atom. The van der Waals surface area contributed by atoms with Crippen molar-refractivity contribution in [3.8, 4) is 0 Å². The molecule has 0 radical (unpaired) electrons. The molecule has 4 heteroatoms. The standard InChI is InChI=1S/C17H29BrN2S/c1-4-17(3,20-10-7-6-8-11-20)16(19-5-2)13-15-14(18)9-12-21-15/h9,12,16,19H,4-8,10-11,13H2,1-3H3. The molecule has 1 aliphatic heterocycles. The second-order valence-electron chi connectivity index (χ2n) is 6.26. The summed E-state index contributed by atoms with van der Waals surface area (Å²) in [6.45, 7) is 10.6. The second-order valence-corrected chi connectivity index (χ2v) is 8.12. The Labute approximate surface area is 142 Å². The normalized spacial score (nSPS) is 21.1. The third-order valence-corrected chi connectivity index (χ3v) is 7.02. The van der Waals surface area contributed by atoms with Gasteiger partial charge in [0.2, 0.25) is 0 Å². The van der Waals surface area contributed by atoms with Gasteiger partial charge in [0.15, 0.2) is 0 Å². The zero-order valence-electron chi connectivity index (χ0n) is 13.6. The van der Waals surface area contributed by atoms with Crippen LogP contribution >= 0.6 is 27.3 Å². The van der Waals surface area contributed by atoms with Gasteiger partial charge in [0.25, 0.3) is 0 Å². The first-order chi connectivity index (χ1) is 10.1. The lowest BCUT2D eigenvalue weighted by atomic mass is 9.83. The van der Waals surface area contributed by atoms with E-state index in [4.69, 9.17) is 0 Å². The fourth-order valence-corrected chi connectivity index (χ4v) is 5.07. The van der Waals surface area contributed by atoms with Gasteiger partial charge in [-0.2, -0.15) is 0 Å². The van der Waals surface area contributed by atoms with Crippen LogP contribution in [0.4, 0.5) is 0 Å². The zero-order chi connectivity index (χ0) is 15.3. The number of nitrogens with zero attached hydrogens (tertiary/aromatic N) is 1. The maximum absolute atomic E-state index is 3.78. The van der Waals surface area contributed by atoms with Crippen molar-refractivity contribution in [2.75, 3.05) is 19.6 Å². The fraction of sp³-hybridized carbons (Fsp3) is 0.765. The molecule has 1 aliphatic rings. The first kappa shape index (κ1) is 17.5. The summed E-state index contributed by atoms with van der Waals surface area (Å²) in [7, 11) is 0. The van der Waals surface area contributed by atoms with E-state index >= 15 is 0 Å². The van der Waals surface area contributed by atoms with Crippen LogP contribution in [0.3, 0.4) is 0 Å². The minimum absolute atomic E-state index is 0.250. The lowest BCUT2D eigenvalue weighted by Crippen LogP contribution is -2.61. The van der Waals surface area contributed by atoms with Crippen molar-refractivity contribution in [2.24, 2.45) is 0 Å². The Hall–Kier alpha value is 0.1000. The Balaban J connectivity index is 2.18. The van der Waals surface area contributed by atoms with E-state index in [1.54, 1.807) is 0 Å². The molecule has 1 fully saturated rings. The molecule has 0 bridgehead atoms. The Bertz CT molecular complexity index is 428. The summed E-state index contributed by atoms with van der Waals surface area (Å²) in [5.74, 6) is 0. The number of likely N-dealkylation sites (tertiary alicyclic amines) is 1. The van der Waals surface area contributed by atoms with Crippen LogP contribution in [0.15, 0.2) is 15.9 Å². The largest absolute Gasteiger partial charge is 0.312 e. The van der Waals surface area contributed by atoms with Gasteiger partial charge < -0.3 is 5.32 Å². The van der Waals surface area contributed by atoms with Crippen molar-refractivity contribution in [2.45, 2.75) is 64.5 Å². The minimum Gasteiger partial charge on any atom is -0.312 e. The van der Waals surface area contributed by atoms with Crippen LogP contribution in [-0.2, 0) is 6.42 Å². The summed E-state index contributed by atoms with van der Waals surface area (Å²) in [6.07, 6.45) is 6.44. The fourth-order valence-electron chi connectivity index (χ4n) is 3.51. The van der Waals surface area contributed by atoms with Crippen LogP contribution in [0, 0.1) is 0 Å². The summed E-state index contributed by atoms with van der Waals surface area (Å²) in [6, 6.07) is 2.69. The van der Waals surface area contributed by atoms with Crippen LogP contribution in [0.25, 0.3) is 0 Å². The van der Waals surface area contributed by atoms with E-state index in [2.05, 4.69) is 58.4 Å². The highest BCUT2D eigenvalue weighted by Crippen LogP contribution is 2.32. The average Bonchev–Trinajstić information content (AvgIpc) is 2.92. The van der Waals surface area contributed by atoms with Gasteiger partial charge in [-0.05, 0) is 79.6 Å². The van der Waals surface area contributed by atoms with Gasteiger partial charge >= 0.3 is 0 Å². The number of likely N-dealkylation sites (N-methyl/N-ethyl adjacent to an activating group) is 1. The first-order valence-corrected chi connectivity index (χ1v) is 9.99. The highest BCUT2D eigenvalue weighted by molar-refractivity contribution is 9.10. The lowest BCUT2D eigenvalue weighted by molar-refractivity contribution is 0.0436. The molecule has 2 unspecified atom stereocenters. The molecule has 2 heterocycles. The number of halogens is 1. The number of thiophene rings is 1. The van der Waals surface area contributed by atoms with Gasteiger partial charge in [0, 0.05) is 20.9 Å². The SMILES string of the molecule is CCNC(Cc1sccc1Br)C(C)(CC)N1CCCCC1. The van der Waals surface area contributed by atoms with Crippen molar-refractivity contribution in [3.05, 3.63) is 20.8 Å². The van der Waals surface area contributed by atoms with Crippen LogP contribution in [0.1, 0.15) is 51.3 Å². The molecule has 1 aromatic rings. The quantitative estimate of drug-likeness (QED) is 0.746. The van der Waals surface area contributed by atoms with Gasteiger partial charge in [-0.15, -0.1) is 11.3 Å². The van der Waals surface area contributed by atoms with Crippen molar-refractivity contribution < 1.29 is 0 Å². The molecule has 1 aromatic heterocycles. The van der Waals surface area contributed by atoms with Gasteiger partial charge in [0.05, 0.1) is 0 Å². The average molecular weight is 373 g/mol. The van der Waals surface area contributed by atoms with Crippen molar-refractivity contribution in [1.29, 1.82) is 0 Å². The summed E-state index contributed by atoms with van der Waals surface area (Å²) >= 11 is 5.57. The predicted octanol–water partition coefficient (Wildman–Crippen LogP) is 4.69. The molecule has 1 N–H and O–H groups in total. The smallest absolute Gasteiger partial charge is 0.0335 e. The number of piperidine rings is 1. The maximum atomic E-state index is 3.78. The minimum atomic E-state index is 0.250. The Morgan fingerprint density at radius 3 is 2.57 bits per heavy atom. The molecule has 120 valence electrons. The van der Waals surface area contributed by atoms with Crippen molar-refractivity contribution in [1.82, 2.24) is 10.2 Å². The number of hydrogen-bond acceptors (Lipinski definition) is 3. The van der Waals surface area contributed by atoms with E-state index in [-0.39, 0.29) is 5.54 Å². The Kier molecular flexibility index (Phi) is 6.73. The van der Waals surface area contributed by atoms with E-state index in [9.17, 15) is 0 Å². The molecule has 0 aromatic carbocycles. The van der Waals surface area contributed by atoms with E-state index in [1.807, 2.05) is 11.3 Å². The lowest BCUT2D eigenvalue weighted by Gasteiger charge is -2.48. The first-order valence-electron chi connectivity index (χ1n) is 8.32.